The van der Waals surface area contributed by atoms with E-state index in [9.17, 15) is 17.6 Å². The van der Waals surface area contributed by atoms with Crippen LogP contribution in [0.5, 0.6) is 0 Å². The molecular formula is C11H14BrFN2O3S. The van der Waals surface area contributed by atoms with Gasteiger partial charge in [0.15, 0.2) is 0 Å². The number of nitrogens with one attached hydrogen (secondary N) is 2. The van der Waals surface area contributed by atoms with Gasteiger partial charge in [-0.1, -0.05) is 13.0 Å². The van der Waals surface area contributed by atoms with Crippen LogP contribution in [-0.2, 0) is 10.0 Å². The molecular weight excluding hydrogens is 339 g/mol. The summed E-state index contributed by atoms with van der Waals surface area (Å²) in [5.41, 5.74) is 0.126. The lowest BCUT2D eigenvalue weighted by atomic mass is 10.2. The SMILES string of the molecule is CCNS(=O)(=O)CCNC(=O)c1cccc(F)c1Br. The number of sulfonamides is 1. The first-order valence-electron chi connectivity index (χ1n) is 5.57. The monoisotopic (exact) mass is 352 g/mol. The molecule has 106 valence electrons. The number of hydrogen-bond donors (Lipinski definition) is 2. The standard InChI is InChI=1S/C11H14BrFN2O3S/c1-2-15-19(17,18)7-6-14-11(16)8-4-3-5-9(13)10(8)12/h3-5,15H,2,6-7H2,1H3,(H,14,16). The molecule has 0 unspecified atom stereocenters. The lowest BCUT2D eigenvalue weighted by molar-refractivity contribution is 0.0955. The third kappa shape index (κ3) is 4.88. The molecule has 0 saturated heterocycles. The highest BCUT2D eigenvalue weighted by Gasteiger charge is 2.14. The van der Waals surface area contributed by atoms with E-state index in [0.29, 0.717) is 6.54 Å². The molecule has 0 radical (unpaired) electrons. The van der Waals surface area contributed by atoms with Gasteiger partial charge < -0.3 is 5.32 Å². The van der Waals surface area contributed by atoms with Crippen molar-refractivity contribution in [2.24, 2.45) is 0 Å². The first-order valence-corrected chi connectivity index (χ1v) is 8.01. The van der Waals surface area contributed by atoms with E-state index in [1.54, 1.807) is 6.92 Å². The zero-order valence-corrected chi connectivity index (χ0v) is 12.6. The van der Waals surface area contributed by atoms with E-state index >= 15 is 0 Å². The minimum atomic E-state index is -3.38. The first kappa shape index (κ1) is 16.1. The maximum atomic E-state index is 13.2. The predicted molar refractivity (Wildman–Crippen MR) is 73.9 cm³/mol. The van der Waals surface area contributed by atoms with E-state index in [0.717, 1.165) is 0 Å². The number of carbonyl (C=O) groups is 1. The number of carbonyl (C=O) groups excluding carboxylic acids is 1. The van der Waals surface area contributed by atoms with Crippen molar-refractivity contribution in [2.75, 3.05) is 18.8 Å². The highest BCUT2D eigenvalue weighted by atomic mass is 79.9. The molecule has 1 amide bonds. The van der Waals surface area contributed by atoms with Gasteiger partial charge in [0.1, 0.15) is 5.82 Å². The Kier molecular flexibility index (Phi) is 5.89. The summed E-state index contributed by atoms with van der Waals surface area (Å²) in [6.45, 7) is 1.92. The molecule has 2 N–H and O–H groups in total. The van der Waals surface area contributed by atoms with Gasteiger partial charge in [-0.3, -0.25) is 4.79 Å². The average molecular weight is 353 g/mol. The van der Waals surface area contributed by atoms with Crippen LogP contribution in [0.25, 0.3) is 0 Å². The Morgan fingerprint density at radius 1 is 1.42 bits per heavy atom. The average Bonchev–Trinajstić information content (AvgIpc) is 2.32. The molecule has 0 fully saturated rings. The summed E-state index contributed by atoms with van der Waals surface area (Å²) in [7, 11) is -3.38. The Labute approximate surface area is 119 Å². The number of rotatable bonds is 6. The van der Waals surface area contributed by atoms with Gasteiger partial charge in [0.05, 0.1) is 15.8 Å². The summed E-state index contributed by atoms with van der Waals surface area (Å²) in [6, 6.07) is 4.07. The van der Waals surface area contributed by atoms with Crippen molar-refractivity contribution >= 4 is 31.9 Å². The van der Waals surface area contributed by atoms with Crippen LogP contribution in [-0.4, -0.2) is 33.2 Å². The highest BCUT2D eigenvalue weighted by molar-refractivity contribution is 9.10. The van der Waals surface area contributed by atoms with E-state index in [-0.39, 0.29) is 22.3 Å². The van der Waals surface area contributed by atoms with Gasteiger partial charge in [0.2, 0.25) is 10.0 Å². The Morgan fingerprint density at radius 3 is 2.74 bits per heavy atom. The van der Waals surface area contributed by atoms with Crippen molar-refractivity contribution in [2.45, 2.75) is 6.92 Å². The summed E-state index contributed by atoms with van der Waals surface area (Å²) in [5.74, 6) is -1.30. The zero-order chi connectivity index (χ0) is 14.5. The van der Waals surface area contributed by atoms with Gasteiger partial charge in [-0.05, 0) is 28.1 Å². The number of halogens is 2. The maximum absolute atomic E-state index is 13.2. The van der Waals surface area contributed by atoms with Crippen LogP contribution in [0.15, 0.2) is 22.7 Å². The van der Waals surface area contributed by atoms with E-state index in [1.165, 1.54) is 18.2 Å². The topological polar surface area (TPSA) is 75.3 Å². The van der Waals surface area contributed by atoms with Crippen molar-refractivity contribution in [1.29, 1.82) is 0 Å². The van der Waals surface area contributed by atoms with Gasteiger partial charge >= 0.3 is 0 Å². The van der Waals surface area contributed by atoms with Gasteiger partial charge in [0, 0.05) is 13.1 Å². The van der Waals surface area contributed by atoms with Crippen molar-refractivity contribution in [3.8, 4) is 0 Å². The number of amides is 1. The molecule has 19 heavy (non-hydrogen) atoms. The molecule has 0 aliphatic heterocycles. The highest BCUT2D eigenvalue weighted by Crippen LogP contribution is 2.19. The summed E-state index contributed by atoms with van der Waals surface area (Å²) < 4.78 is 38.3. The summed E-state index contributed by atoms with van der Waals surface area (Å²) in [5, 5.41) is 2.43. The molecule has 0 spiro atoms. The number of hydrogen-bond acceptors (Lipinski definition) is 3. The van der Waals surface area contributed by atoms with Crippen molar-refractivity contribution in [1.82, 2.24) is 10.0 Å². The van der Waals surface area contributed by atoms with Gasteiger partial charge in [0.25, 0.3) is 5.91 Å². The minimum absolute atomic E-state index is 0.0445. The fourth-order valence-corrected chi connectivity index (χ4v) is 2.76. The first-order chi connectivity index (χ1) is 8.87. The quantitative estimate of drug-likeness (QED) is 0.809. The Hall–Kier alpha value is -0.990. The largest absolute Gasteiger partial charge is 0.351 e. The van der Waals surface area contributed by atoms with E-state index < -0.39 is 21.7 Å². The maximum Gasteiger partial charge on any atom is 0.252 e. The lowest BCUT2D eigenvalue weighted by Crippen LogP contribution is -2.34. The van der Waals surface area contributed by atoms with Gasteiger partial charge in [-0.15, -0.1) is 0 Å². The van der Waals surface area contributed by atoms with E-state index in [4.69, 9.17) is 0 Å². The number of benzene rings is 1. The molecule has 5 nitrogen and oxygen atoms in total. The second kappa shape index (κ2) is 6.97. The third-order valence-electron chi connectivity index (χ3n) is 2.22. The Balaban J connectivity index is 2.60. The zero-order valence-electron chi connectivity index (χ0n) is 10.2. The molecule has 0 aliphatic carbocycles. The molecule has 1 aromatic rings. The lowest BCUT2D eigenvalue weighted by Gasteiger charge is -2.08. The molecule has 0 saturated carbocycles. The van der Waals surface area contributed by atoms with Crippen molar-refractivity contribution < 1.29 is 17.6 Å². The van der Waals surface area contributed by atoms with Crippen molar-refractivity contribution in [3.05, 3.63) is 34.1 Å². The molecule has 0 aliphatic rings. The van der Waals surface area contributed by atoms with Crippen LogP contribution < -0.4 is 10.0 Å². The molecule has 0 atom stereocenters. The van der Waals surface area contributed by atoms with Crippen LogP contribution in [0.2, 0.25) is 0 Å². The molecule has 0 bridgehead atoms. The fourth-order valence-electron chi connectivity index (χ4n) is 1.37. The summed E-state index contributed by atoms with van der Waals surface area (Å²) in [6.07, 6.45) is 0. The fraction of sp³-hybridized carbons (Fsp3) is 0.364. The van der Waals surface area contributed by atoms with E-state index in [1.807, 2.05) is 0 Å². The molecule has 0 heterocycles. The normalized spacial score (nSPS) is 11.3. The van der Waals surface area contributed by atoms with E-state index in [2.05, 4.69) is 26.0 Å². The van der Waals surface area contributed by atoms with Crippen LogP contribution in [0.1, 0.15) is 17.3 Å². The molecule has 1 rings (SSSR count). The predicted octanol–water partition coefficient (Wildman–Crippen LogP) is 1.26. The van der Waals surface area contributed by atoms with Crippen LogP contribution >= 0.6 is 15.9 Å². The minimum Gasteiger partial charge on any atom is -0.351 e. The van der Waals surface area contributed by atoms with Crippen molar-refractivity contribution in [3.63, 3.8) is 0 Å². The summed E-state index contributed by atoms with van der Waals surface area (Å²) in [4.78, 5) is 11.7. The van der Waals surface area contributed by atoms with Crippen LogP contribution in [0.4, 0.5) is 4.39 Å². The second-order valence-electron chi connectivity index (χ2n) is 3.67. The van der Waals surface area contributed by atoms with Crippen LogP contribution in [0, 0.1) is 5.82 Å². The second-order valence-corrected chi connectivity index (χ2v) is 6.39. The van der Waals surface area contributed by atoms with Gasteiger partial charge in [-0.25, -0.2) is 17.5 Å². The summed E-state index contributed by atoms with van der Waals surface area (Å²) >= 11 is 2.97. The molecule has 0 aromatic heterocycles. The van der Waals surface area contributed by atoms with Crippen LogP contribution in [0.3, 0.4) is 0 Å². The molecule has 1 aromatic carbocycles. The Morgan fingerprint density at radius 2 is 2.11 bits per heavy atom. The smallest absolute Gasteiger partial charge is 0.252 e. The molecule has 8 heteroatoms. The van der Waals surface area contributed by atoms with Gasteiger partial charge in [-0.2, -0.15) is 0 Å². The third-order valence-corrected chi connectivity index (χ3v) is 4.49. The Bertz CT molecular complexity index is 563.